The molecule has 0 N–H and O–H groups in total. The van der Waals surface area contributed by atoms with Crippen molar-refractivity contribution in [3.63, 3.8) is 0 Å². The third-order valence-electron chi connectivity index (χ3n) is 3.05. The Hall–Kier alpha value is -0.870. The summed E-state index contributed by atoms with van der Waals surface area (Å²) in [5.41, 5.74) is 3.15. The molecule has 0 aliphatic rings. The molecular formula is C16H10BrCl2NS. The number of hydrogen-bond acceptors (Lipinski definition) is 2. The number of rotatable bonds is 3. The standard InChI is InChI=1S/C16H10BrCl2NS/c17-12-4-1-10(2-5-12)15-9-21-16(20-15)7-11-3-6-13(18)8-14(11)19/h1-6,8-9H,7H2. The van der Waals surface area contributed by atoms with Crippen LogP contribution in [0.3, 0.4) is 0 Å². The Labute approximate surface area is 145 Å². The van der Waals surface area contributed by atoms with Gasteiger partial charge in [0, 0.05) is 31.9 Å². The van der Waals surface area contributed by atoms with Gasteiger partial charge in [0.05, 0.1) is 10.7 Å². The van der Waals surface area contributed by atoms with Crippen LogP contribution < -0.4 is 0 Å². The fourth-order valence-corrected chi connectivity index (χ4v) is 3.54. The molecule has 3 aromatic rings. The van der Waals surface area contributed by atoms with Gasteiger partial charge in [-0.3, -0.25) is 0 Å². The molecule has 0 saturated heterocycles. The third-order valence-corrected chi connectivity index (χ3v) is 5.01. The number of benzene rings is 2. The molecule has 21 heavy (non-hydrogen) atoms. The van der Waals surface area contributed by atoms with Gasteiger partial charge in [-0.05, 0) is 29.8 Å². The quantitative estimate of drug-likeness (QED) is 0.492. The van der Waals surface area contributed by atoms with Crippen LogP contribution in [0.5, 0.6) is 0 Å². The lowest BCUT2D eigenvalue weighted by atomic mass is 10.1. The second kappa shape index (κ2) is 6.49. The van der Waals surface area contributed by atoms with Crippen LogP contribution in [0, 0.1) is 0 Å². The maximum atomic E-state index is 6.21. The molecule has 0 amide bonds. The molecule has 0 saturated carbocycles. The van der Waals surface area contributed by atoms with Gasteiger partial charge in [0.15, 0.2) is 0 Å². The van der Waals surface area contributed by atoms with Crippen molar-refractivity contribution in [3.8, 4) is 11.3 Å². The third kappa shape index (κ3) is 3.67. The average molecular weight is 399 g/mol. The molecule has 0 radical (unpaired) electrons. The Morgan fingerprint density at radius 3 is 2.52 bits per heavy atom. The summed E-state index contributed by atoms with van der Waals surface area (Å²) in [5, 5.41) is 4.45. The smallest absolute Gasteiger partial charge is 0.0977 e. The van der Waals surface area contributed by atoms with Crippen molar-refractivity contribution in [1.82, 2.24) is 4.98 Å². The number of halogens is 3. The highest BCUT2D eigenvalue weighted by Crippen LogP contribution is 2.27. The highest BCUT2D eigenvalue weighted by atomic mass is 79.9. The Balaban J connectivity index is 1.83. The predicted octanol–water partition coefficient (Wildman–Crippen LogP) is 6.47. The second-order valence-electron chi connectivity index (χ2n) is 4.55. The first-order valence-electron chi connectivity index (χ1n) is 6.26. The number of thiazole rings is 1. The molecule has 0 atom stereocenters. The van der Waals surface area contributed by atoms with Gasteiger partial charge in [0.2, 0.25) is 0 Å². The van der Waals surface area contributed by atoms with E-state index in [0.717, 1.165) is 32.7 Å². The van der Waals surface area contributed by atoms with Gasteiger partial charge >= 0.3 is 0 Å². The van der Waals surface area contributed by atoms with Gasteiger partial charge in [0.25, 0.3) is 0 Å². The zero-order chi connectivity index (χ0) is 14.8. The first-order chi connectivity index (χ1) is 10.1. The predicted molar refractivity (Wildman–Crippen MR) is 94.5 cm³/mol. The molecule has 106 valence electrons. The van der Waals surface area contributed by atoms with Crippen molar-refractivity contribution in [2.24, 2.45) is 0 Å². The van der Waals surface area contributed by atoms with Crippen molar-refractivity contribution in [2.45, 2.75) is 6.42 Å². The first-order valence-corrected chi connectivity index (χ1v) is 8.69. The second-order valence-corrected chi connectivity index (χ2v) is 7.25. The van der Waals surface area contributed by atoms with Crippen LogP contribution in [0.1, 0.15) is 10.6 Å². The molecular weight excluding hydrogens is 389 g/mol. The van der Waals surface area contributed by atoms with Gasteiger partial charge in [0.1, 0.15) is 0 Å². The molecule has 0 aliphatic heterocycles. The van der Waals surface area contributed by atoms with Gasteiger partial charge in [-0.15, -0.1) is 11.3 Å². The lowest BCUT2D eigenvalue weighted by Gasteiger charge is -2.02. The van der Waals surface area contributed by atoms with Crippen LogP contribution in [-0.2, 0) is 6.42 Å². The zero-order valence-corrected chi connectivity index (χ0v) is 14.7. The fourth-order valence-electron chi connectivity index (χ4n) is 1.97. The Bertz CT molecular complexity index is 768. The monoisotopic (exact) mass is 397 g/mol. The normalized spacial score (nSPS) is 10.8. The van der Waals surface area contributed by atoms with Crippen LogP contribution >= 0.6 is 50.5 Å². The van der Waals surface area contributed by atoms with Gasteiger partial charge in [-0.25, -0.2) is 4.98 Å². The highest BCUT2D eigenvalue weighted by molar-refractivity contribution is 9.10. The Morgan fingerprint density at radius 2 is 1.81 bits per heavy atom. The molecule has 1 heterocycles. The SMILES string of the molecule is Clc1ccc(Cc2nc(-c3ccc(Br)cc3)cs2)c(Cl)c1. The van der Waals surface area contributed by atoms with Crippen molar-refractivity contribution in [1.29, 1.82) is 0 Å². The maximum Gasteiger partial charge on any atom is 0.0977 e. The van der Waals surface area contributed by atoms with E-state index < -0.39 is 0 Å². The minimum Gasteiger partial charge on any atom is -0.241 e. The number of hydrogen-bond donors (Lipinski definition) is 0. The molecule has 0 spiro atoms. The van der Waals surface area contributed by atoms with Crippen LogP contribution in [0.15, 0.2) is 52.3 Å². The fraction of sp³-hybridized carbons (Fsp3) is 0.0625. The molecule has 1 nitrogen and oxygen atoms in total. The zero-order valence-electron chi connectivity index (χ0n) is 10.8. The Kier molecular flexibility index (Phi) is 4.65. The largest absolute Gasteiger partial charge is 0.241 e. The van der Waals surface area contributed by atoms with Crippen molar-refractivity contribution in [3.05, 3.63) is 72.9 Å². The minimum atomic E-state index is 0.651. The van der Waals surface area contributed by atoms with Crippen molar-refractivity contribution < 1.29 is 0 Å². The summed E-state index contributed by atoms with van der Waals surface area (Å²) in [6.07, 6.45) is 0.719. The van der Waals surface area contributed by atoms with E-state index in [1.807, 2.05) is 24.3 Å². The van der Waals surface area contributed by atoms with E-state index in [-0.39, 0.29) is 0 Å². The van der Waals surface area contributed by atoms with Crippen LogP contribution in [0.25, 0.3) is 11.3 Å². The van der Waals surface area contributed by atoms with Crippen LogP contribution in [0.2, 0.25) is 10.0 Å². The Morgan fingerprint density at radius 1 is 1.05 bits per heavy atom. The molecule has 5 heteroatoms. The summed E-state index contributed by atoms with van der Waals surface area (Å²) < 4.78 is 1.06. The molecule has 2 aromatic carbocycles. The van der Waals surface area contributed by atoms with Crippen LogP contribution in [-0.4, -0.2) is 4.98 Å². The topological polar surface area (TPSA) is 12.9 Å². The molecule has 3 rings (SSSR count). The summed E-state index contributed by atoms with van der Waals surface area (Å²) in [4.78, 5) is 4.68. The van der Waals surface area contributed by atoms with E-state index in [1.165, 1.54) is 0 Å². The summed E-state index contributed by atoms with van der Waals surface area (Å²) in [6, 6.07) is 13.7. The number of aromatic nitrogens is 1. The molecule has 0 aliphatic carbocycles. The number of nitrogens with zero attached hydrogens (tertiary/aromatic N) is 1. The lowest BCUT2D eigenvalue weighted by Crippen LogP contribution is -1.89. The van der Waals surface area contributed by atoms with E-state index in [4.69, 9.17) is 23.2 Å². The van der Waals surface area contributed by atoms with Crippen LogP contribution in [0.4, 0.5) is 0 Å². The van der Waals surface area contributed by atoms with E-state index >= 15 is 0 Å². The minimum absolute atomic E-state index is 0.651. The first kappa shape index (κ1) is 15.0. The summed E-state index contributed by atoms with van der Waals surface area (Å²) in [6.45, 7) is 0. The average Bonchev–Trinajstić information content (AvgIpc) is 2.91. The molecule has 0 fully saturated rings. The van der Waals surface area contributed by atoms with Gasteiger partial charge < -0.3 is 0 Å². The van der Waals surface area contributed by atoms with E-state index in [0.29, 0.717) is 10.0 Å². The van der Waals surface area contributed by atoms with E-state index in [1.54, 1.807) is 17.4 Å². The van der Waals surface area contributed by atoms with Gasteiger partial charge in [-0.2, -0.15) is 0 Å². The van der Waals surface area contributed by atoms with E-state index in [9.17, 15) is 0 Å². The maximum absolute atomic E-state index is 6.21. The van der Waals surface area contributed by atoms with Crippen molar-refractivity contribution in [2.75, 3.05) is 0 Å². The summed E-state index contributed by atoms with van der Waals surface area (Å²) in [7, 11) is 0. The summed E-state index contributed by atoms with van der Waals surface area (Å²) in [5.74, 6) is 0. The van der Waals surface area contributed by atoms with E-state index in [2.05, 4.69) is 38.4 Å². The van der Waals surface area contributed by atoms with Gasteiger partial charge in [-0.1, -0.05) is 57.3 Å². The summed E-state index contributed by atoms with van der Waals surface area (Å²) >= 11 is 17.2. The lowest BCUT2D eigenvalue weighted by molar-refractivity contribution is 1.14. The van der Waals surface area contributed by atoms with Crippen molar-refractivity contribution >= 4 is 50.5 Å². The molecule has 1 aromatic heterocycles. The highest BCUT2D eigenvalue weighted by Gasteiger charge is 2.08. The molecule has 0 bridgehead atoms. The molecule has 0 unspecified atom stereocenters.